The third kappa shape index (κ3) is 5.29. The molecule has 0 aromatic carbocycles. The summed E-state index contributed by atoms with van der Waals surface area (Å²) in [6, 6.07) is 3.37. The van der Waals surface area contributed by atoms with Crippen molar-refractivity contribution < 1.29 is 9.59 Å². The van der Waals surface area contributed by atoms with Gasteiger partial charge in [-0.2, -0.15) is 5.10 Å². The van der Waals surface area contributed by atoms with Crippen molar-refractivity contribution in [3.8, 4) is 0 Å². The van der Waals surface area contributed by atoms with Gasteiger partial charge < -0.3 is 16.4 Å². The van der Waals surface area contributed by atoms with Gasteiger partial charge in [0, 0.05) is 37.9 Å². The molecule has 1 fully saturated rings. The molecule has 1 aliphatic rings. The van der Waals surface area contributed by atoms with Crippen LogP contribution >= 0.6 is 0 Å². The summed E-state index contributed by atoms with van der Waals surface area (Å²) in [5, 5.41) is 10.2. The van der Waals surface area contributed by atoms with Crippen molar-refractivity contribution in [1.82, 2.24) is 25.4 Å². The van der Waals surface area contributed by atoms with E-state index in [2.05, 4.69) is 20.7 Å². The second-order valence-electron chi connectivity index (χ2n) is 7.06. The van der Waals surface area contributed by atoms with E-state index >= 15 is 0 Å². The molecule has 0 radical (unpaired) electrons. The van der Waals surface area contributed by atoms with Crippen molar-refractivity contribution >= 4 is 17.6 Å². The summed E-state index contributed by atoms with van der Waals surface area (Å²) in [5.41, 5.74) is 7.15. The van der Waals surface area contributed by atoms with E-state index < -0.39 is 0 Å². The van der Waals surface area contributed by atoms with E-state index in [9.17, 15) is 9.59 Å². The third-order valence-electron chi connectivity index (χ3n) is 4.95. The molecule has 8 nitrogen and oxygen atoms in total. The Morgan fingerprint density at radius 1 is 1.22 bits per heavy atom. The van der Waals surface area contributed by atoms with Crippen molar-refractivity contribution in [2.75, 3.05) is 12.3 Å². The average molecular weight is 370 g/mol. The smallest absolute Gasteiger partial charge is 0.253 e. The van der Waals surface area contributed by atoms with Gasteiger partial charge >= 0.3 is 0 Å². The predicted molar refractivity (Wildman–Crippen MR) is 102 cm³/mol. The number of hydrogen-bond acceptors (Lipinski definition) is 5. The van der Waals surface area contributed by atoms with Crippen molar-refractivity contribution in [2.45, 2.75) is 38.1 Å². The molecule has 2 aromatic heterocycles. The second-order valence-corrected chi connectivity index (χ2v) is 7.06. The molecule has 0 saturated heterocycles. The van der Waals surface area contributed by atoms with Crippen molar-refractivity contribution in [3.05, 3.63) is 41.9 Å². The van der Waals surface area contributed by atoms with E-state index in [1.54, 1.807) is 16.8 Å². The number of nitrogens with two attached hydrogens (primary N) is 1. The van der Waals surface area contributed by atoms with Crippen LogP contribution in [0.5, 0.6) is 0 Å². The van der Waals surface area contributed by atoms with Crippen LogP contribution in [0.3, 0.4) is 0 Å². The van der Waals surface area contributed by atoms with Gasteiger partial charge in [-0.3, -0.25) is 14.3 Å². The lowest BCUT2D eigenvalue weighted by molar-refractivity contribution is -0.126. The first kappa shape index (κ1) is 18.9. The number of aryl methyl sites for hydroxylation is 1. The largest absolute Gasteiger partial charge is 0.384 e. The van der Waals surface area contributed by atoms with Crippen LogP contribution < -0.4 is 16.4 Å². The highest BCUT2D eigenvalue weighted by molar-refractivity contribution is 5.94. The van der Waals surface area contributed by atoms with Crippen LogP contribution in [-0.4, -0.2) is 39.2 Å². The monoisotopic (exact) mass is 370 g/mol. The van der Waals surface area contributed by atoms with Crippen molar-refractivity contribution in [1.29, 1.82) is 0 Å². The summed E-state index contributed by atoms with van der Waals surface area (Å²) in [5.74, 6) is 0.366. The Kier molecular flexibility index (Phi) is 6.05. The van der Waals surface area contributed by atoms with Crippen LogP contribution in [0.15, 0.2) is 30.7 Å². The normalized spacial score (nSPS) is 19.4. The topological polar surface area (TPSA) is 115 Å². The maximum Gasteiger partial charge on any atom is 0.253 e. The molecular formula is C19H26N6O2. The highest BCUT2D eigenvalue weighted by Crippen LogP contribution is 2.24. The standard InChI is InChI=1S/C19H26N6O2/c1-25-12-13(10-23-25)8-9-21-18(26)14-2-5-16(6-3-14)24-19(27)15-4-7-17(20)22-11-15/h4,7,10-12,14,16H,2-3,5-6,8-9H2,1H3,(H2,20,22)(H,21,26)(H,24,27). The summed E-state index contributed by atoms with van der Waals surface area (Å²) in [6.45, 7) is 0.616. The van der Waals surface area contributed by atoms with E-state index in [0.717, 1.165) is 37.7 Å². The molecule has 0 spiro atoms. The Labute approximate surface area is 158 Å². The minimum Gasteiger partial charge on any atom is -0.384 e. The van der Waals surface area contributed by atoms with Gasteiger partial charge in [0.2, 0.25) is 5.91 Å². The Morgan fingerprint density at radius 2 is 2.00 bits per heavy atom. The van der Waals surface area contributed by atoms with Gasteiger partial charge in [-0.15, -0.1) is 0 Å². The zero-order valence-electron chi connectivity index (χ0n) is 15.5. The number of nitrogens with one attached hydrogen (secondary N) is 2. The number of carbonyl (C=O) groups is 2. The van der Waals surface area contributed by atoms with Crippen LogP contribution in [-0.2, 0) is 18.3 Å². The Morgan fingerprint density at radius 3 is 2.63 bits per heavy atom. The van der Waals surface area contributed by atoms with Gasteiger partial charge in [0.05, 0.1) is 11.8 Å². The molecule has 27 heavy (non-hydrogen) atoms. The number of amides is 2. The van der Waals surface area contributed by atoms with E-state index in [4.69, 9.17) is 5.73 Å². The molecular weight excluding hydrogens is 344 g/mol. The van der Waals surface area contributed by atoms with Gasteiger partial charge in [0.15, 0.2) is 0 Å². The summed E-state index contributed by atoms with van der Waals surface area (Å²) in [6.07, 6.45) is 9.19. The molecule has 2 amide bonds. The quantitative estimate of drug-likeness (QED) is 0.703. The number of carbonyl (C=O) groups excluding carboxylic acids is 2. The Balaban J connectivity index is 1.38. The molecule has 0 bridgehead atoms. The summed E-state index contributed by atoms with van der Waals surface area (Å²) < 4.78 is 1.76. The summed E-state index contributed by atoms with van der Waals surface area (Å²) in [4.78, 5) is 28.5. The lowest BCUT2D eigenvalue weighted by atomic mass is 9.85. The molecule has 0 aliphatic heterocycles. The SMILES string of the molecule is Cn1cc(CCNC(=O)C2CCC(NC(=O)c3ccc(N)nc3)CC2)cn1. The number of hydrogen-bond donors (Lipinski definition) is 3. The predicted octanol–water partition coefficient (Wildman–Crippen LogP) is 1.04. The highest BCUT2D eigenvalue weighted by atomic mass is 16.2. The molecule has 1 aliphatic carbocycles. The average Bonchev–Trinajstić information content (AvgIpc) is 3.08. The molecule has 3 rings (SSSR count). The minimum atomic E-state index is -0.146. The number of nitrogen functional groups attached to an aromatic ring is 1. The second kappa shape index (κ2) is 8.66. The lowest BCUT2D eigenvalue weighted by Crippen LogP contribution is -2.41. The third-order valence-corrected chi connectivity index (χ3v) is 4.95. The molecule has 144 valence electrons. The van der Waals surface area contributed by atoms with Gasteiger partial charge in [-0.1, -0.05) is 0 Å². The number of nitrogens with zero attached hydrogens (tertiary/aromatic N) is 3. The lowest BCUT2D eigenvalue weighted by Gasteiger charge is -2.28. The molecule has 4 N–H and O–H groups in total. The minimum absolute atomic E-state index is 0.0187. The van der Waals surface area contributed by atoms with Crippen LogP contribution in [0.1, 0.15) is 41.6 Å². The number of rotatable bonds is 6. The van der Waals surface area contributed by atoms with E-state index in [-0.39, 0.29) is 23.8 Å². The molecule has 8 heteroatoms. The van der Waals surface area contributed by atoms with E-state index in [1.807, 2.05) is 19.4 Å². The molecule has 0 unspecified atom stereocenters. The number of aromatic nitrogens is 3. The molecule has 1 saturated carbocycles. The fraction of sp³-hybridized carbons (Fsp3) is 0.474. The summed E-state index contributed by atoms with van der Waals surface area (Å²) in [7, 11) is 1.88. The zero-order chi connectivity index (χ0) is 19.2. The van der Waals surface area contributed by atoms with E-state index in [1.165, 1.54) is 6.20 Å². The fourth-order valence-electron chi connectivity index (χ4n) is 3.38. The number of anilines is 1. The van der Waals surface area contributed by atoms with Crippen LogP contribution in [0, 0.1) is 5.92 Å². The van der Waals surface area contributed by atoms with Crippen molar-refractivity contribution in [2.24, 2.45) is 13.0 Å². The Bertz CT molecular complexity index is 778. The zero-order valence-corrected chi connectivity index (χ0v) is 15.5. The van der Waals surface area contributed by atoms with Gasteiger partial charge in [-0.25, -0.2) is 4.98 Å². The summed E-state index contributed by atoms with van der Waals surface area (Å²) >= 11 is 0. The van der Waals surface area contributed by atoms with Crippen LogP contribution in [0.4, 0.5) is 5.82 Å². The maximum atomic E-state index is 12.3. The highest BCUT2D eigenvalue weighted by Gasteiger charge is 2.27. The van der Waals surface area contributed by atoms with Gasteiger partial charge in [-0.05, 0) is 49.8 Å². The first-order valence-electron chi connectivity index (χ1n) is 9.29. The first-order chi connectivity index (χ1) is 13.0. The molecule has 2 aromatic rings. The van der Waals surface area contributed by atoms with Gasteiger partial charge in [0.25, 0.3) is 5.91 Å². The van der Waals surface area contributed by atoms with E-state index in [0.29, 0.717) is 17.9 Å². The van der Waals surface area contributed by atoms with Crippen LogP contribution in [0.2, 0.25) is 0 Å². The number of pyridine rings is 1. The Hall–Kier alpha value is -2.90. The van der Waals surface area contributed by atoms with Gasteiger partial charge in [0.1, 0.15) is 5.82 Å². The maximum absolute atomic E-state index is 12.3. The first-order valence-corrected chi connectivity index (χ1v) is 9.29. The van der Waals surface area contributed by atoms with Crippen molar-refractivity contribution in [3.63, 3.8) is 0 Å². The molecule has 0 atom stereocenters. The fourth-order valence-corrected chi connectivity index (χ4v) is 3.38. The van der Waals surface area contributed by atoms with Crippen LogP contribution in [0.25, 0.3) is 0 Å². The molecule has 2 heterocycles.